The van der Waals surface area contributed by atoms with Crippen molar-refractivity contribution in [3.8, 4) is 0 Å². The lowest BCUT2D eigenvalue weighted by molar-refractivity contribution is -0.151. The Kier molecular flexibility index (Phi) is 19.5. The molecule has 19 nitrogen and oxygen atoms in total. The van der Waals surface area contributed by atoms with E-state index in [1.54, 1.807) is 64.4 Å². The van der Waals surface area contributed by atoms with Gasteiger partial charge in [0, 0.05) is 50.9 Å². The van der Waals surface area contributed by atoms with Crippen LogP contribution in [0.15, 0.2) is 55.4 Å². The van der Waals surface area contributed by atoms with Crippen molar-refractivity contribution in [1.82, 2.24) is 45.7 Å². The van der Waals surface area contributed by atoms with E-state index < -0.39 is 83.4 Å². The Balaban J connectivity index is 1.62. The van der Waals surface area contributed by atoms with Gasteiger partial charge < -0.3 is 49.9 Å². The van der Waals surface area contributed by atoms with Crippen LogP contribution >= 0.6 is 0 Å². The molecule has 3 aromatic rings. The SMILES string of the molecule is CC[C@H](C)[C@@H](NC(=O)[C@H](Cc1cncn1C)NC(=O)OC(C)(C)C)C(=O)N[C@@H](Cc1cn(Cc2ccccc2)cn1)C(=O)N[C@@H](CCC(=O)OC1CCCCC1)C(=O)N[C@@H](C)C(=O)OC. The van der Waals surface area contributed by atoms with Gasteiger partial charge in [-0.15, -0.1) is 0 Å². The number of alkyl carbamates (subject to hydrolysis) is 1. The minimum atomic E-state index is -1.36. The monoisotopic (exact) mass is 906 g/mol. The third-order valence-electron chi connectivity index (χ3n) is 11.1. The van der Waals surface area contributed by atoms with E-state index in [1.165, 1.54) is 14.0 Å². The summed E-state index contributed by atoms with van der Waals surface area (Å²) in [6, 6.07) is 3.46. The number of rotatable bonds is 22. The third-order valence-corrected chi connectivity index (χ3v) is 11.1. The molecule has 2 heterocycles. The van der Waals surface area contributed by atoms with E-state index in [2.05, 4.69) is 36.6 Å². The molecule has 356 valence electrons. The molecule has 6 atom stereocenters. The van der Waals surface area contributed by atoms with Crippen LogP contribution in [-0.4, -0.2) is 110 Å². The lowest BCUT2D eigenvalue weighted by atomic mass is 9.96. The van der Waals surface area contributed by atoms with Crippen LogP contribution < -0.4 is 26.6 Å². The first-order valence-corrected chi connectivity index (χ1v) is 22.3. The van der Waals surface area contributed by atoms with Gasteiger partial charge in [0.05, 0.1) is 25.5 Å². The van der Waals surface area contributed by atoms with Gasteiger partial charge in [-0.1, -0.05) is 57.0 Å². The molecule has 0 spiro atoms. The molecule has 0 bridgehead atoms. The van der Waals surface area contributed by atoms with Gasteiger partial charge >= 0.3 is 18.0 Å². The molecule has 0 unspecified atom stereocenters. The van der Waals surface area contributed by atoms with E-state index >= 15 is 0 Å². The molecule has 4 rings (SSSR count). The highest BCUT2D eigenvalue weighted by atomic mass is 16.6. The molecule has 0 radical (unpaired) electrons. The first-order valence-electron chi connectivity index (χ1n) is 22.3. The summed E-state index contributed by atoms with van der Waals surface area (Å²) in [6.07, 6.45) is 9.73. The van der Waals surface area contributed by atoms with E-state index in [9.17, 15) is 33.6 Å². The number of benzene rings is 1. The summed E-state index contributed by atoms with van der Waals surface area (Å²) in [5, 5.41) is 13.5. The maximum absolute atomic E-state index is 14.5. The molecule has 65 heavy (non-hydrogen) atoms. The van der Waals surface area contributed by atoms with Crippen molar-refractivity contribution < 1.29 is 47.8 Å². The summed E-state index contributed by atoms with van der Waals surface area (Å²) in [5.74, 6) is -4.69. The standard InChI is InChI=1S/C46H67N9O10/c1-9-29(2)39(53-42(59)37(23-33-24-47-27-54(33)7)52-45(62)65-46(4,5)6)43(60)51-36(22-32-26-55(28-48-32)25-31-16-12-10-13-17-31)41(58)50-35(40(57)49-30(3)44(61)63-8)20-21-38(56)64-34-18-14-11-15-19-34/h10,12-13,16-17,24,26-30,34-37,39H,9,11,14-15,18-23,25H2,1-8H3,(H,49,57)(H,50,58)(H,51,60)(H,52,62)(H,53,59)/t29-,30-,35-,36-,37-,39+/m0/s1. The van der Waals surface area contributed by atoms with Crippen LogP contribution in [0.1, 0.15) is 110 Å². The largest absolute Gasteiger partial charge is 0.467 e. The quantitative estimate of drug-likeness (QED) is 0.0722. The lowest BCUT2D eigenvalue weighted by Gasteiger charge is -2.29. The topological polar surface area (TPSA) is 243 Å². The van der Waals surface area contributed by atoms with Crippen LogP contribution in [0.4, 0.5) is 4.79 Å². The van der Waals surface area contributed by atoms with Crippen molar-refractivity contribution in [3.05, 3.63) is 72.3 Å². The molecule has 1 saturated carbocycles. The Morgan fingerprint density at radius 3 is 2.09 bits per heavy atom. The minimum absolute atomic E-state index is 0.0132. The number of hydrogen-bond acceptors (Lipinski definition) is 12. The lowest BCUT2D eigenvalue weighted by Crippen LogP contribution is -2.60. The second-order valence-corrected chi connectivity index (χ2v) is 17.7. The fraction of sp³-hybridized carbons (Fsp3) is 0.587. The van der Waals surface area contributed by atoms with Crippen LogP contribution in [0.25, 0.3) is 0 Å². The van der Waals surface area contributed by atoms with E-state index in [0.29, 0.717) is 24.4 Å². The van der Waals surface area contributed by atoms with E-state index in [4.69, 9.17) is 14.2 Å². The highest BCUT2D eigenvalue weighted by molar-refractivity contribution is 5.96. The molecule has 0 aliphatic heterocycles. The van der Waals surface area contributed by atoms with Gasteiger partial charge in [0.1, 0.15) is 41.9 Å². The van der Waals surface area contributed by atoms with Crippen LogP contribution in [0.3, 0.4) is 0 Å². The first-order chi connectivity index (χ1) is 30.8. The summed E-state index contributed by atoms with van der Waals surface area (Å²) in [6.45, 7) is 10.6. The fourth-order valence-electron chi connectivity index (χ4n) is 7.26. The number of amides is 5. The van der Waals surface area contributed by atoms with Gasteiger partial charge in [-0.25, -0.2) is 19.6 Å². The van der Waals surface area contributed by atoms with Gasteiger partial charge in [0.25, 0.3) is 0 Å². The Morgan fingerprint density at radius 1 is 0.815 bits per heavy atom. The molecule has 2 aromatic heterocycles. The number of nitrogens with zero attached hydrogens (tertiary/aromatic N) is 4. The number of hydrogen-bond donors (Lipinski definition) is 5. The van der Waals surface area contributed by atoms with Crippen LogP contribution in [-0.2, 0) is 69.4 Å². The molecule has 5 N–H and O–H groups in total. The maximum Gasteiger partial charge on any atom is 0.408 e. The van der Waals surface area contributed by atoms with Gasteiger partial charge in [0.15, 0.2) is 0 Å². The summed E-state index contributed by atoms with van der Waals surface area (Å²) in [5.41, 5.74) is 1.20. The zero-order valence-corrected chi connectivity index (χ0v) is 38.9. The van der Waals surface area contributed by atoms with Crippen molar-refractivity contribution in [2.75, 3.05) is 7.11 Å². The number of aromatic nitrogens is 4. The summed E-state index contributed by atoms with van der Waals surface area (Å²) >= 11 is 0. The molecule has 1 aromatic carbocycles. The zero-order chi connectivity index (χ0) is 47.7. The average molecular weight is 906 g/mol. The minimum Gasteiger partial charge on any atom is -0.467 e. The molecule has 1 fully saturated rings. The number of methoxy groups -OCH3 is 1. The van der Waals surface area contributed by atoms with E-state index in [-0.39, 0.29) is 31.8 Å². The molecule has 1 aliphatic rings. The van der Waals surface area contributed by atoms with Crippen LogP contribution in [0.2, 0.25) is 0 Å². The number of esters is 2. The molecule has 0 saturated heterocycles. The van der Waals surface area contributed by atoms with Crippen molar-refractivity contribution in [2.45, 2.75) is 154 Å². The highest BCUT2D eigenvalue weighted by Crippen LogP contribution is 2.21. The Hall–Kier alpha value is -6.27. The fourth-order valence-corrected chi connectivity index (χ4v) is 7.26. The Labute approximate surface area is 380 Å². The Morgan fingerprint density at radius 2 is 1.46 bits per heavy atom. The maximum atomic E-state index is 14.5. The normalized spacial score (nSPS) is 15.8. The Bertz CT molecular complexity index is 2060. The third kappa shape index (κ3) is 17.0. The number of carbonyl (C=O) groups excluding carboxylic acids is 7. The average Bonchev–Trinajstić information content (AvgIpc) is 3.89. The van der Waals surface area contributed by atoms with E-state index in [0.717, 1.165) is 37.7 Å². The molecule has 5 amide bonds. The molecular weight excluding hydrogens is 839 g/mol. The van der Waals surface area contributed by atoms with Crippen molar-refractivity contribution >= 4 is 41.7 Å². The number of imidazole rings is 2. The van der Waals surface area contributed by atoms with E-state index in [1.807, 2.05) is 41.8 Å². The summed E-state index contributed by atoms with van der Waals surface area (Å²) in [4.78, 5) is 104. The summed E-state index contributed by atoms with van der Waals surface area (Å²) in [7, 11) is 2.92. The van der Waals surface area contributed by atoms with Crippen molar-refractivity contribution in [1.29, 1.82) is 0 Å². The second-order valence-electron chi connectivity index (χ2n) is 17.7. The van der Waals surface area contributed by atoms with Gasteiger partial charge in [0.2, 0.25) is 23.6 Å². The van der Waals surface area contributed by atoms with Gasteiger partial charge in [-0.05, 0) is 71.3 Å². The van der Waals surface area contributed by atoms with Crippen LogP contribution in [0.5, 0.6) is 0 Å². The predicted molar refractivity (Wildman–Crippen MR) is 239 cm³/mol. The zero-order valence-electron chi connectivity index (χ0n) is 38.9. The number of aryl methyl sites for hydroxylation is 1. The molecule has 1 aliphatic carbocycles. The number of nitrogens with one attached hydrogen (secondary N) is 5. The van der Waals surface area contributed by atoms with Gasteiger partial charge in [-0.2, -0.15) is 0 Å². The summed E-state index contributed by atoms with van der Waals surface area (Å²) < 4.78 is 19.4. The first kappa shape index (κ1) is 51.4. The van der Waals surface area contributed by atoms with Crippen molar-refractivity contribution in [2.24, 2.45) is 13.0 Å². The molecule has 19 heteroatoms. The van der Waals surface area contributed by atoms with Crippen molar-refractivity contribution in [3.63, 3.8) is 0 Å². The highest BCUT2D eigenvalue weighted by Gasteiger charge is 2.35. The second kappa shape index (κ2) is 24.7. The van der Waals surface area contributed by atoms with Gasteiger partial charge in [-0.3, -0.25) is 24.0 Å². The molecular formula is C46H67N9O10. The number of ether oxygens (including phenoxy) is 3. The predicted octanol–water partition coefficient (Wildman–Crippen LogP) is 3.18. The van der Waals surface area contributed by atoms with Crippen LogP contribution in [0, 0.1) is 5.92 Å². The number of carbonyl (C=O) groups is 7. The smallest absolute Gasteiger partial charge is 0.408 e.